The summed E-state index contributed by atoms with van der Waals surface area (Å²) in [6, 6.07) is 3.35. The minimum atomic E-state index is -0.352. The van der Waals surface area contributed by atoms with Crippen molar-refractivity contribution in [1.82, 2.24) is 5.32 Å². The first kappa shape index (κ1) is 12.5. The minimum Gasteiger partial charge on any atom is -0.374 e. The Morgan fingerprint density at radius 1 is 1.65 bits per heavy atom. The number of hydrogen-bond donors (Lipinski definition) is 1. The first-order chi connectivity index (χ1) is 8.09. The maximum absolute atomic E-state index is 10.5. The van der Waals surface area contributed by atoms with Crippen molar-refractivity contribution >= 4 is 16.3 Å². The van der Waals surface area contributed by atoms with E-state index in [9.17, 15) is 10.1 Å². The van der Waals surface area contributed by atoms with Gasteiger partial charge in [-0.3, -0.25) is 10.1 Å². The van der Waals surface area contributed by atoms with E-state index in [-0.39, 0.29) is 15.5 Å². The highest BCUT2D eigenvalue weighted by Gasteiger charge is 2.29. The predicted molar refractivity (Wildman–Crippen MR) is 66.3 cm³/mol. The van der Waals surface area contributed by atoms with Crippen LogP contribution in [-0.2, 0) is 11.3 Å². The molecule has 1 unspecified atom stereocenters. The lowest BCUT2D eigenvalue weighted by atomic mass is 10.0. The molecule has 6 heteroatoms. The van der Waals surface area contributed by atoms with Gasteiger partial charge in [0.2, 0.25) is 0 Å². The van der Waals surface area contributed by atoms with E-state index >= 15 is 0 Å². The van der Waals surface area contributed by atoms with Crippen LogP contribution < -0.4 is 5.32 Å². The highest BCUT2D eigenvalue weighted by atomic mass is 32.1. The quantitative estimate of drug-likeness (QED) is 0.648. The van der Waals surface area contributed by atoms with Gasteiger partial charge in [0.15, 0.2) is 0 Å². The van der Waals surface area contributed by atoms with E-state index in [1.54, 1.807) is 12.1 Å². The van der Waals surface area contributed by atoms with Crippen LogP contribution in [0.1, 0.15) is 24.6 Å². The molecule has 0 radical (unpaired) electrons. The molecule has 2 rings (SSSR count). The Balaban J connectivity index is 1.79. The summed E-state index contributed by atoms with van der Waals surface area (Å²) in [6.45, 7) is 4.39. The molecule has 1 aliphatic rings. The molecule has 0 amide bonds. The summed E-state index contributed by atoms with van der Waals surface area (Å²) >= 11 is 1.22. The van der Waals surface area contributed by atoms with Crippen LogP contribution in [0, 0.1) is 10.1 Å². The molecule has 0 aromatic carbocycles. The number of rotatable bonds is 5. The lowest BCUT2D eigenvalue weighted by Gasteiger charge is -2.23. The van der Waals surface area contributed by atoms with Gasteiger partial charge in [0.25, 0.3) is 0 Å². The van der Waals surface area contributed by atoms with Gasteiger partial charge >= 0.3 is 5.00 Å². The smallest absolute Gasteiger partial charge is 0.324 e. The Hall–Kier alpha value is -0.980. The lowest BCUT2D eigenvalue weighted by Crippen LogP contribution is -2.36. The van der Waals surface area contributed by atoms with E-state index in [4.69, 9.17) is 4.74 Å². The van der Waals surface area contributed by atoms with E-state index in [2.05, 4.69) is 12.2 Å². The summed E-state index contributed by atoms with van der Waals surface area (Å²) in [4.78, 5) is 11.2. The van der Waals surface area contributed by atoms with E-state index in [0.29, 0.717) is 6.54 Å². The first-order valence-electron chi connectivity index (χ1n) is 5.67. The molecule has 1 atom stereocenters. The summed E-state index contributed by atoms with van der Waals surface area (Å²) in [5.41, 5.74) is -0.0663. The Labute approximate surface area is 104 Å². The third-order valence-corrected chi connectivity index (χ3v) is 3.96. The van der Waals surface area contributed by atoms with E-state index in [0.717, 1.165) is 30.9 Å². The Morgan fingerprint density at radius 2 is 2.47 bits per heavy atom. The van der Waals surface area contributed by atoms with Crippen LogP contribution >= 0.6 is 11.3 Å². The van der Waals surface area contributed by atoms with E-state index in [1.807, 2.05) is 0 Å². The molecule has 0 aliphatic carbocycles. The second-order valence-corrected chi connectivity index (χ2v) is 5.65. The molecule has 94 valence electrons. The summed E-state index contributed by atoms with van der Waals surface area (Å²) in [7, 11) is 0. The van der Waals surface area contributed by atoms with Gasteiger partial charge in [-0.2, -0.15) is 0 Å². The van der Waals surface area contributed by atoms with Gasteiger partial charge in [-0.15, -0.1) is 0 Å². The number of nitrogens with one attached hydrogen (secondary N) is 1. The molecule has 1 aromatic heterocycles. The monoisotopic (exact) mass is 256 g/mol. The van der Waals surface area contributed by atoms with Gasteiger partial charge in [0, 0.05) is 30.6 Å². The molecular weight excluding hydrogens is 240 g/mol. The molecule has 1 aliphatic heterocycles. The molecule has 5 nitrogen and oxygen atoms in total. The van der Waals surface area contributed by atoms with Crippen molar-refractivity contribution in [3.63, 3.8) is 0 Å². The second-order valence-electron chi connectivity index (χ2n) is 4.50. The Kier molecular flexibility index (Phi) is 3.76. The fraction of sp³-hybridized carbons (Fsp3) is 0.636. The van der Waals surface area contributed by atoms with Gasteiger partial charge in [-0.05, 0) is 25.8 Å². The minimum absolute atomic E-state index is 0.0663. The number of hydrogen-bond acceptors (Lipinski definition) is 5. The van der Waals surface area contributed by atoms with Crippen LogP contribution in [0.3, 0.4) is 0 Å². The van der Waals surface area contributed by atoms with Gasteiger partial charge in [0.1, 0.15) is 0 Å². The van der Waals surface area contributed by atoms with Crippen LogP contribution in [0.5, 0.6) is 0 Å². The molecule has 0 saturated carbocycles. The van der Waals surface area contributed by atoms with Crippen LogP contribution in [0.4, 0.5) is 5.00 Å². The van der Waals surface area contributed by atoms with Crippen molar-refractivity contribution in [2.24, 2.45) is 0 Å². The number of thiophene rings is 1. The fourth-order valence-corrected chi connectivity index (χ4v) is 2.78. The topological polar surface area (TPSA) is 64.4 Å². The van der Waals surface area contributed by atoms with Crippen LogP contribution in [-0.4, -0.2) is 23.7 Å². The van der Waals surface area contributed by atoms with Crippen molar-refractivity contribution in [2.75, 3.05) is 13.2 Å². The van der Waals surface area contributed by atoms with Gasteiger partial charge in [-0.25, -0.2) is 0 Å². The van der Waals surface area contributed by atoms with Crippen molar-refractivity contribution in [2.45, 2.75) is 31.9 Å². The first-order valence-corrected chi connectivity index (χ1v) is 6.48. The van der Waals surface area contributed by atoms with Crippen LogP contribution in [0.25, 0.3) is 0 Å². The van der Waals surface area contributed by atoms with E-state index in [1.165, 1.54) is 11.3 Å². The molecular formula is C11H16N2O3S. The van der Waals surface area contributed by atoms with Crippen molar-refractivity contribution < 1.29 is 9.66 Å². The standard InChI is InChI=1S/C11H16N2O3S/c1-11(5-2-6-16-11)8-12-7-9-3-4-10(17-9)13(14)15/h3-4,12H,2,5-8H2,1H3. The second kappa shape index (κ2) is 5.12. The van der Waals surface area contributed by atoms with Gasteiger partial charge in [-0.1, -0.05) is 11.3 Å². The average Bonchev–Trinajstić information content (AvgIpc) is 2.88. The number of ether oxygens (including phenoxy) is 1. The number of nitrogens with zero attached hydrogens (tertiary/aromatic N) is 1. The summed E-state index contributed by atoms with van der Waals surface area (Å²) in [5, 5.41) is 14.0. The third-order valence-electron chi connectivity index (χ3n) is 2.93. The Morgan fingerprint density at radius 3 is 3.06 bits per heavy atom. The lowest BCUT2D eigenvalue weighted by molar-refractivity contribution is -0.380. The highest BCUT2D eigenvalue weighted by Crippen LogP contribution is 2.25. The van der Waals surface area contributed by atoms with Gasteiger partial charge < -0.3 is 10.1 Å². The Bertz CT molecular complexity index is 399. The van der Waals surface area contributed by atoms with Crippen molar-refractivity contribution in [3.05, 3.63) is 27.1 Å². The third kappa shape index (κ3) is 3.24. The zero-order valence-electron chi connectivity index (χ0n) is 9.77. The van der Waals surface area contributed by atoms with E-state index < -0.39 is 0 Å². The van der Waals surface area contributed by atoms with Crippen molar-refractivity contribution in [3.8, 4) is 0 Å². The van der Waals surface area contributed by atoms with Gasteiger partial charge in [0.05, 0.1) is 10.5 Å². The van der Waals surface area contributed by atoms with Crippen LogP contribution in [0.15, 0.2) is 12.1 Å². The number of nitro groups is 1. The maximum Gasteiger partial charge on any atom is 0.324 e. The molecule has 0 bridgehead atoms. The summed E-state index contributed by atoms with van der Waals surface area (Å²) < 4.78 is 5.65. The fourth-order valence-electron chi connectivity index (χ4n) is 1.99. The zero-order valence-corrected chi connectivity index (χ0v) is 10.6. The zero-order chi connectivity index (χ0) is 12.3. The highest BCUT2D eigenvalue weighted by molar-refractivity contribution is 7.15. The molecule has 17 heavy (non-hydrogen) atoms. The largest absolute Gasteiger partial charge is 0.374 e. The normalized spacial score (nSPS) is 24.1. The SMILES string of the molecule is CC1(CNCc2ccc([N+](=O)[O-])s2)CCCO1. The summed E-state index contributed by atoms with van der Waals surface area (Å²) in [6.07, 6.45) is 2.19. The average molecular weight is 256 g/mol. The van der Waals surface area contributed by atoms with Crippen LogP contribution in [0.2, 0.25) is 0 Å². The maximum atomic E-state index is 10.5. The molecule has 2 heterocycles. The summed E-state index contributed by atoms with van der Waals surface area (Å²) in [5.74, 6) is 0. The molecule has 1 aromatic rings. The predicted octanol–water partition coefficient (Wildman–Crippen LogP) is 2.32. The molecule has 1 fully saturated rings. The molecule has 0 spiro atoms. The van der Waals surface area contributed by atoms with Crippen molar-refractivity contribution in [1.29, 1.82) is 0 Å². The molecule has 1 N–H and O–H groups in total. The molecule has 1 saturated heterocycles.